The lowest BCUT2D eigenvalue weighted by molar-refractivity contribution is -0.118. The molecule has 2 saturated carbocycles. The summed E-state index contributed by atoms with van der Waals surface area (Å²) >= 11 is 0. The van der Waals surface area contributed by atoms with Crippen molar-refractivity contribution < 1.29 is 14.4 Å². The maximum Gasteiger partial charge on any atom is 0.189 e. The number of fused-ring (bicyclic) bond motifs is 2. The molecule has 4 aromatic carbocycles. The van der Waals surface area contributed by atoms with Gasteiger partial charge >= 0.3 is 0 Å². The van der Waals surface area contributed by atoms with E-state index in [1.165, 1.54) is 102 Å². The molecule has 0 aromatic heterocycles. The largest absolute Gasteiger partial charge is 0.303 e. The first kappa shape index (κ1) is 44.2. The SMILES string of the molecule is CC(C)(C)c1ccc(-c2cccc3c2CCC3=O)cc1.CCC1(/C=C2\Cc3c(cccc3-c3ccc(C(C)(C)C)cc3)C2=O)CCCCC1.CCC1(C=O)CCCCC1. The molecule has 4 aromatic rings. The standard InChI is InChI=1S/C28H34O.C19H20O.C9H16O/c1-5-28(16-7-6-8-17-28)19-21-18-25-23(10-9-11-24(25)26(21)29)20-12-14-22(15-13-20)27(2,3)4;1-19(2,3)14-9-7-13(8-10-14)15-5-4-6-17-16(15)11-12-18(17)20;1-2-9(8-10)6-4-3-5-7-9/h9-15,19H,5-8,16-18H2,1-4H3;4-10H,11-12H2,1-3H3;8H,2-7H2,1H3/b21-19+;;. The first-order chi connectivity index (χ1) is 28.1. The van der Waals surface area contributed by atoms with E-state index < -0.39 is 0 Å². The molecule has 0 bridgehead atoms. The normalized spacial score (nSPS) is 18.9. The molecule has 0 radical (unpaired) electrons. The Balaban J connectivity index is 0.000000168. The minimum Gasteiger partial charge on any atom is -0.303 e. The summed E-state index contributed by atoms with van der Waals surface area (Å²) in [5, 5.41) is 0. The first-order valence-corrected chi connectivity index (χ1v) is 22.8. The fourth-order valence-electron chi connectivity index (χ4n) is 9.92. The summed E-state index contributed by atoms with van der Waals surface area (Å²) in [5.41, 5.74) is 13.5. The van der Waals surface area contributed by atoms with Crippen LogP contribution in [-0.2, 0) is 28.5 Å². The predicted molar refractivity (Wildman–Crippen MR) is 248 cm³/mol. The Morgan fingerprint density at radius 2 is 0.966 bits per heavy atom. The van der Waals surface area contributed by atoms with Gasteiger partial charge in [-0.3, -0.25) is 9.59 Å². The molecule has 0 N–H and O–H groups in total. The molecule has 0 spiro atoms. The summed E-state index contributed by atoms with van der Waals surface area (Å²) in [6, 6.07) is 30.0. The molecule has 2 fully saturated rings. The zero-order valence-corrected chi connectivity index (χ0v) is 37.6. The highest BCUT2D eigenvalue weighted by Gasteiger charge is 2.34. The van der Waals surface area contributed by atoms with Gasteiger partial charge in [-0.15, -0.1) is 0 Å². The fourth-order valence-corrected chi connectivity index (χ4v) is 9.92. The van der Waals surface area contributed by atoms with Gasteiger partial charge in [0.2, 0.25) is 0 Å². The minimum atomic E-state index is 0.0816. The highest BCUT2D eigenvalue weighted by molar-refractivity contribution is 6.14. The van der Waals surface area contributed by atoms with Crippen molar-refractivity contribution in [3.63, 3.8) is 0 Å². The van der Waals surface area contributed by atoms with E-state index in [9.17, 15) is 14.4 Å². The average molecular weight is 791 g/mol. The van der Waals surface area contributed by atoms with Crippen LogP contribution in [0.4, 0.5) is 0 Å². The second-order valence-electron chi connectivity index (χ2n) is 20.1. The number of hydrogen-bond donors (Lipinski definition) is 0. The molecule has 0 heterocycles. The van der Waals surface area contributed by atoms with Crippen LogP contribution in [-0.4, -0.2) is 17.9 Å². The lowest BCUT2D eigenvalue weighted by atomic mass is 9.71. The van der Waals surface area contributed by atoms with E-state index in [0.717, 1.165) is 55.2 Å². The van der Waals surface area contributed by atoms with Gasteiger partial charge in [-0.25, -0.2) is 0 Å². The van der Waals surface area contributed by atoms with E-state index >= 15 is 0 Å². The van der Waals surface area contributed by atoms with Crippen LogP contribution in [0.3, 0.4) is 0 Å². The summed E-state index contributed by atoms with van der Waals surface area (Å²) < 4.78 is 0. The van der Waals surface area contributed by atoms with E-state index in [1.807, 2.05) is 24.3 Å². The monoisotopic (exact) mass is 791 g/mol. The van der Waals surface area contributed by atoms with E-state index in [4.69, 9.17) is 0 Å². The molecule has 59 heavy (non-hydrogen) atoms. The minimum absolute atomic E-state index is 0.0816. The third kappa shape index (κ3) is 10.2. The van der Waals surface area contributed by atoms with Gasteiger partial charge in [0.25, 0.3) is 0 Å². The van der Waals surface area contributed by atoms with Crippen LogP contribution in [0.2, 0.25) is 0 Å². The Labute approximate surface area is 356 Å². The molecule has 0 aliphatic heterocycles. The smallest absolute Gasteiger partial charge is 0.189 e. The van der Waals surface area contributed by atoms with Gasteiger partial charge in [0.1, 0.15) is 6.29 Å². The van der Waals surface area contributed by atoms with Crippen LogP contribution in [0.25, 0.3) is 22.3 Å². The lowest BCUT2D eigenvalue weighted by Gasteiger charge is -2.34. The summed E-state index contributed by atoms with van der Waals surface area (Å²) in [6.45, 7) is 17.8. The molecule has 8 rings (SSSR count). The molecule has 0 saturated heterocycles. The van der Waals surface area contributed by atoms with Crippen LogP contribution >= 0.6 is 0 Å². The number of hydrogen-bond acceptors (Lipinski definition) is 3. The molecule has 0 amide bonds. The molecule has 3 heteroatoms. The van der Waals surface area contributed by atoms with Crippen molar-refractivity contribution in [3.8, 4) is 22.3 Å². The summed E-state index contributed by atoms with van der Waals surface area (Å²) in [4.78, 5) is 35.8. The first-order valence-electron chi connectivity index (χ1n) is 22.8. The maximum atomic E-state index is 13.2. The van der Waals surface area contributed by atoms with Crippen molar-refractivity contribution >= 4 is 17.9 Å². The molecule has 0 unspecified atom stereocenters. The number of Topliss-reactive ketones (excluding diaryl/α,β-unsaturated/α-hetero) is 2. The Morgan fingerprint density at radius 1 is 0.525 bits per heavy atom. The van der Waals surface area contributed by atoms with Crippen molar-refractivity contribution in [2.45, 2.75) is 163 Å². The quantitative estimate of drug-likeness (QED) is 0.144. The second kappa shape index (κ2) is 18.5. The third-order valence-electron chi connectivity index (χ3n) is 14.1. The van der Waals surface area contributed by atoms with Gasteiger partial charge in [0.15, 0.2) is 11.6 Å². The van der Waals surface area contributed by atoms with Gasteiger partial charge in [0, 0.05) is 35.0 Å². The number of carbonyl (C=O) groups excluding carboxylic acids is 3. The van der Waals surface area contributed by atoms with Crippen LogP contribution < -0.4 is 0 Å². The van der Waals surface area contributed by atoms with Gasteiger partial charge in [-0.1, -0.05) is 185 Å². The van der Waals surface area contributed by atoms with Gasteiger partial charge in [-0.2, -0.15) is 0 Å². The summed E-state index contributed by atoms with van der Waals surface area (Å²) in [7, 11) is 0. The second-order valence-corrected chi connectivity index (χ2v) is 20.1. The Bertz CT molecular complexity index is 2120. The van der Waals surface area contributed by atoms with Crippen molar-refractivity contribution in [1.82, 2.24) is 0 Å². The average Bonchev–Trinajstić information content (AvgIpc) is 3.79. The Hall–Kier alpha value is -4.37. The maximum absolute atomic E-state index is 13.2. The number of aldehydes is 1. The van der Waals surface area contributed by atoms with Gasteiger partial charge in [-0.05, 0) is 106 Å². The fraction of sp³-hybridized carbons (Fsp3) is 0.482. The van der Waals surface area contributed by atoms with Crippen molar-refractivity contribution in [2.24, 2.45) is 10.8 Å². The summed E-state index contributed by atoms with van der Waals surface area (Å²) in [5.74, 6) is 0.541. The summed E-state index contributed by atoms with van der Waals surface area (Å²) in [6.07, 6.45) is 20.6. The third-order valence-corrected chi connectivity index (χ3v) is 14.1. The number of ketones is 2. The van der Waals surface area contributed by atoms with Gasteiger partial charge < -0.3 is 4.79 Å². The number of rotatable bonds is 6. The van der Waals surface area contributed by atoms with E-state index in [0.29, 0.717) is 6.42 Å². The van der Waals surface area contributed by atoms with E-state index in [1.54, 1.807) is 0 Å². The van der Waals surface area contributed by atoms with Crippen molar-refractivity contribution in [2.75, 3.05) is 0 Å². The van der Waals surface area contributed by atoms with Crippen LogP contribution in [0.5, 0.6) is 0 Å². The molecule has 312 valence electrons. The lowest BCUT2D eigenvalue weighted by Crippen LogP contribution is -2.24. The van der Waals surface area contributed by atoms with Crippen molar-refractivity contribution in [1.29, 1.82) is 0 Å². The topological polar surface area (TPSA) is 51.2 Å². The molecular formula is C56H70O3. The number of allylic oxidation sites excluding steroid dienone is 2. The molecule has 3 nitrogen and oxygen atoms in total. The predicted octanol–water partition coefficient (Wildman–Crippen LogP) is 15.0. The number of carbonyl (C=O) groups is 3. The van der Waals surface area contributed by atoms with Crippen LogP contribution in [0.1, 0.15) is 182 Å². The molecular weight excluding hydrogens is 721 g/mol. The van der Waals surface area contributed by atoms with Crippen LogP contribution in [0.15, 0.2) is 96.6 Å². The highest BCUT2D eigenvalue weighted by atomic mass is 16.1. The highest BCUT2D eigenvalue weighted by Crippen LogP contribution is 2.44. The Kier molecular flexibility index (Phi) is 13.8. The van der Waals surface area contributed by atoms with Crippen LogP contribution in [0, 0.1) is 10.8 Å². The zero-order valence-electron chi connectivity index (χ0n) is 37.6. The molecule has 4 aliphatic rings. The molecule has 0 atom stereocenters. The van der Waals surface area contributed by atoms with Gasteiger partial charge in [0.05, 0.1) is 0 Å². The zero-order chi connectivity index (χ0) is 42.4. The van der Waals surface area contributed by atoms with Crippen molar-refractivity contribution in [3.05, 3.63) is 130 Å². The molecule has 4 aliphatic carbocycles. The van der Waals surface area contributed by atoms with E-state index in [-0.39, 0.29) is 33.2 Å². The van der Waals surface area contributed by atoms with E-state index in [2.05, 4.69) is 122 Å². The Morgan fingerprint density at radius 3 is 1.41 bits per heavy atom. The number of benzene rings is 4.